The molecule has 2 nitrogen and oxygen atoms in total. The normalized spacial score (nSPS) is 12.2. The number of thiophene rings is 2. The Bertz CT molecular complexity index is 1300. The van der Waals surface area contributed by atoms with Crippen LogP contribution in [0.15, 0.2) is 60.9 Å². The van der Waals surface area contributed by atoms with E-state index in [0.29, 0.717) is 0 Å². The molecule has 0 fully saturated rings. The van der Waals surface area contributed by atoms with Crippen molar-refractivity contribution in [1.82, 2.24) is 9.97 Å². The van der Waals surface area contributed by atoms with E-state index >= 15 is 0 Å². The highest BCUT2D eigenvalue weighted by Gasteiger charge is 2.16. The van der Waals surface area contributed by atoms with Crippen molar-refractivity contribution in [3.8, 4) is 0 Å². The number of aromatic nitrogens is 2. The molecule has 0 aliphatic heterocycles. The van der Waals surface area contributed by atoms with Gasteiger partial charge in [0, 0.05) is 43.3 Å². The number of nitrogens with zero attached hydrogens (tertiary/aromatic N) is 2. The summed E-state index contributed by atoms with van der Waals surface area (Å²) in [5.74, 6) is 0. The molecule has 4 aromatic heterocycles. The van der Waals surface area contributed by atoms with Crippen molar-refractivity contribution in [1.29, 1.82) is 0 Å². The zero-order valence-electron chi connectivity index (χ0n) is 12.5. The maximum absolute atomic E-state index is 4.52. The van der Waals surface area contributed by atoms with Crippen LogP contribution in [0.3, 0.4) is 0 Å². The number of pyridine rings is 2. The van der Waals surface area contributed by atoms with Crippen LogP contribution in [0.25, 0.3) is 51.4 Å². The average molecular weight is 342 g/mol. The number of rotatable bonds is 0. The van der Waals surface area contributed by atoms with E-state index in [4.69, 9.17) is 0 Å². The molecule has 0 saturated heterocycles. The van der Waals surface area contributed by atoms with E-state index in [9.17, 15) is 0 Å². The zero-order chi connectivity index (χ0) is 15.7. The summed E-state index contributed by atoms with van der Waals surface area (Å²) < 4.78 is 5.42. The minimum absolute atomic E-state index is 1.06. The fraction of sp³-hybridized carbons (Fsp3) is 0. The van der Waals surface area contributed by atoms with Crippen molar-refractivity contribution in [3.63, 3.8) is 0 Å². The van der Waals surface area contributed by atoms with Crippen LogP contribution in [0.2, 0.25) is 0 Å². The van der Waals surface area contributed by atoms with E-state index < -0.39 is 0 Å². The molecule has 0 spiro atoms. The predicted octanol–water partition coefficient (Wildman–Crippen LogP) is 6.37. The van der Waals surface area contributed by atoms with E-state index in [1.165, 1.54) is 40.3 Å². The molecule has 24 heavy (non-hydrogen) atoms. The number of fused-ring (bicyclic) bond motifs is 9. The van der Waals surface area contributed by atoms with Crippen LogP contribution >= 0.6 is 22.7 Å². The van der Waals surface area contributed by atoms with Gasteiger partial charge in [0.2, 0.25) is 0 Å². The van der Waals surface area contributed by atoms with Crippen molar-refractivity contribution in [2.75, 3.05) is 0 Å². The first-order valence-electron chi connectivity index (χ1n) is 7.76. The highest BCUT2D eigenvalue weighted by atomic mass is 32.1. The van der Waals surface area contributed by atoms with Gasteiger partial charge in [-0.25, -0.2) is 0 Å². The Morgan fingerprint density at radius 2 is 1.08 bits per heavy atom. The molecule has 112 valence electrons. The third kappa shape index (κ3) is 1.54. The van der Waals surface area contributed by atoms with Gasteiger partial charge in [0.15, 0.2) is 0 Å². The lowest BCUT2D eigenvalue weighted by Crippen LogP contribution is -1.76. The molecule has 0 unspecified atom stereocenters. The van der Waals surface area contributed by atoms with E-state index in [-0.39, 0.29) is 0 Å². The second kappa shape index (κ2) is 4.50. The van der Waals surface area contributed by atoms with E-state index in [0.717, 1.165) is 11.0 Å². The van der Waals surface area contributed by atoms with Crippen LogP contribution in [0.5, 0.6) is 0 Å². The van der Waals surface area contributed by atoms with Gasteiger partial charge in [-0.3, -0.25) is 9.97 Å². The summed E-state index contributed by atoms with van der Waals surface area (Å²) in [5, 5.41) is 5.18. The Morgan fingerprint density at radius 3 is 1.58 bits per heavy atom. The highest BCUT2D eigenvalue weighted by molar-refractivity contribution is 7.36. The molecule has 0 atom stereocenters. The summed E-state index contributed by atoms with van der Waals surface area (Å²) in [6.07, 6.45) is 3.73. The molecule has 2 aromatic carbocycles. The summed E-state index contributed by atoms with van der Waals surface area (Å²) in [6.45, 7) is 0. The minimum Gasteiger partial charge on any atom is -0.256 e. The quantitative estimate of drug-likeness (QED) is 0.321. The standard InChI is InChI=1S/C20H10N2S2/c1-3-11-13(21-9-1)5-7-15-17(11)19-20(23-15)18-12-4-2-10-22-14(12)6-8-16(18)24-19/h1-10H. The van der Waals surface area contributed by atoms with Gasteiger partial charge in [0.25, 0.3) is 0 Å². The van der Waals surface area contributed by atoms with Crippen molar-refractivity contribution in [2.45, 2.75) is 0 Å². The fourth-order valence-corrected chi connectivity index (χ4v) is 6.30. The third-order valence-electron chi connectivity index (χ3n) is 4.58. The van der Waals surface area contributed by atoms with Crippen molar-refractivity contribution in [2.24, 2.45) is 0 Å². The Kier molecular flexibility index (Phi) is 2.40. The molecular weight excluding hydrogens is 332 g/mol. The topological polar surface area (TPSA) is 25.8 Å². The van der Waals surface area contributed by atoms with Crippen LogP contribution < -0.4 is 0 Å². The number of hydrogen-bond donors (Lipinski definition) is 0. The maximum atomic E-state index is 4.52. The van der Waals surface area contributed by atoms with E-state index in [1.807, 2.05) is 47.2 Å². The summed E-state index contributed by atoms with van der Waals surface area (Å²) in [7, 11) is 0. The number of benzene rings is 2. The van der Waals surface area contributed by atoms with Gasteiger partial charge in [0.1, 0.15) is 0 Å². The molecular formula is C20H10N2S2. The Balaban J connectivity index is 1.93. The lowest BCUT2D eigenvalue weighted by molar-refractivity contribution is 1.42. The summed E-state index contributed by atoms with van der Waals surface area (Å²) >= 11 is 3.76. The lowest BCUT2D eigenvalue weighted by atomic mass is 10.1. The second-order valence-corrected chi connectivity index (χ2v) is 7.98. The Hall–Kier alpha value is -2.56. The summed E-state index contributed by atoms with van der Waals surface area (Å²) in [5.41, 5.74) is 2.13. The molecule has 0 aliphatic carbocycles. The van der Waals surface area contributed by atoms with Crippen molar-refractivity contribution >= 4 is 74.1 Å². The van der Waals surface area contributed by atoms with Gasteiger partial charge in [-0.05, 0) is 36.4 Å². The third-order valence-corrected chi connectivity index (χ3v) is 7.05. The van der Waals surface area contributed by atoms with Crippen LogP contribution in [-0.4, -0.2) is 9.97 Å². The highest BCUT2D eigenvalue weighted by Crippen LogP contribution is 2.47. The summed E-state index contributed by atoms with van der Waals surface area (Å²) in [6, 6.07) is 17.1. The van der Waals surface area contributed by atoms with E-state index in [2.05, 4.69) is 46.4 Å². The number of hydrogen-bond acceptors (Lipinski definition) is 4. The molecule has 0 amide bonds. The molecule has 4 heteroatoms. The largest absolute Gasteiger partial charge is 0.256 e. The first-order chi connectivity index (χ1) is 11.9. The first-order valence-corrected chi connectivity index (χ1v) is 9.40. The van der Waals surface area contributed by atoms with Gasteiger partial charge < -0.3 is 0 Å². The van der Waals surface area contributed by atoms with Crippen LogP contribution in [0.1, 0.15) is 0 Å². The molecule has 0 aliphatic rings. The molecule has 6 rings (SSSR count). The molecule has 0 bridgehead atoms. The average Bonchev–Trinajstić information content (AvgIpc) is 3.17. The van der Waals surface area contributed by atoms with Gasteiger partial charge >= 0.3 is 0 Å². The molecule has 0 saturated carbocycles. The minimum atomic E-state index is 1.06. The van der Waals surface area contributed by atoms with E-state index in [1.54, 1.807) is 0 Å². The molecule has 0 radical (unpaired) electrons. The summed E-state index contributed by atoms with van der Waals surface area (Å²) in [4.78, 5) is 9.04. The SMILES string of the molecule is c1cnc2ccc3sc4c(sc5ccc6ncccc6c54)c3c2c1. The monoisotopic (exact) mass is 342 g/mol. The van der Waals surface area contributed by atoms with Crippen LogP contribution in [-0.2, 0) is 0 Å². The fourth-order valence-electron chi connectivity index (χ4n) is 3.55. The molecule has 4 heterocycles. The maximum Gasteiger partial charge on any atom is 0.0709 e. The zero-order valence-corrected chi connectivity index (χ0v) is 14.1. The Labute approximate surface area is 145 Å². The van der Waals surface area contributed by atoms with Gasteiger partial charge in [-0.2, -0.15) is 0 Å². The molecule has 6 aromatic rings. The van der Waals surface area contributed by atoms with Crippen molar-refractivity contribution in [3.05, 3.63) is 60.9 Å². The smallest absolute Gasteiger partial charge is 0.0709 e. The first kappa shape index (κ1) is 12.8. The lowest BCUT2D eigenvalue weighted by Gasteiger charge is -1.98. The van der Waals surface area contributed by atoms with Crippen LogP contribution in [0.4, 0.5) is 0 Å². The van der Waals surface area contributed by atoms with Crippen LogP contribution in [0, 0.1) is 0 Å². The van der Waals surface area contributed by atoms with Crippen molar-refractivity contribution < 1.29 is 0 Å². The molecule has 0 N–H and O–H groups in total. The van der Waals surface area contributed by atoms with Gasteiger partial charge in [0.05, 0.1) is 20.4 Å². The second-order valence-electron chi connectivity index (χ2n) is 5.88. The van der Waals surface area contributed by atoms with Gasteiger partial charge in [-0.1, -0.05) is 12.1 Å². The Morgan fingerprint density at radius 1 is 0.583 bits per heavy atom. The van der Waals surface area contributed by atoms with Gasteiger partial charge in [-0.15, -0.1) is 22.7 Å². The predicted molar refractivity (Wildman–Crippen MR) is 105 cm³/mol.